The Morgan fingerprint density at radius 3 is 1.48 bits per heavy atom. The molecule has 21 heavy (non-hydrogen) atoms. The second-order valence-electron chi connectivity index (χ2n) is 5.20. The fourth-order valence-electron chi connectivity index (χ4n) is 2.60. The van der Waals surface area contributed by atoms with Gasteiger partial charge < -0.3 is 5.32 Å². The first kappa shape index (κ1) is 15.6. The maximum Gasteiger partial charge on any atom is 0.407 e. The molecule has 1 nitrogen and oxygen atoms in total. The highest BCUT2D eigenvalue weighted by atomic mass is 19.4. The first-order valence-electron chi connectivity index (χ1n) is 6.75. The van der Waals surface area contributed by atoms with Gasteiger partial charge in [0.2, 0.25) is 0 Å². The quantitative estimate of drug-likeness (QED) is 0.883. The Morgan fingerprint density at radius 1 is 0.810 bits per heavy atom. The van der Waals surface area contributed by atoms with Crippen LogP contribution >= 0.6 is 0 Å². The van der Waals surface area contributed by atoms with Gasteiger partial charge in [0.1, 0.15) is 5.54 Å². The molecule has 0 saturated heterocycles. The van der Waals surface area contributed by atoms with E-state index in [1.54, 1.807) is 60.7 Å². The van der Waals surface area contributed by atoms with Gasteiger partial charge in [-0.15, -0.1) is 0 Å². The van der Waals surface area contributed by atoms with Crippen molar-refractivity contribution in [3.8, 4) is 0 Å². The van der Waals surface area contributed by atoms with E-state index in [1.807, 2.05) is 0 Å². The zero-order valence-electron chi connectivity index (χ0n) is 12.0. The van der Waals surface area contributed by atoms with Gasteiger partial charge in [0.15, 0.2) is 0 Å². The van der Waals surface area contributed by atoms with Gasteiger partial charge in [-0.3, -0.25) is 0 Å². The topological polar surface area (TPSA) is 12.0 Å². The van der Waals surface area contributed by atoms with E-state index >= 15 is 0 Å². The summed E-state index contributed by atoms with van der Waals surface area (Å²) in [6, 6.07) is 17.6. The molecular weight excluding hydrogens is 275 g/mol. The Hall–Kier alpha value is -1.81. The summed E-state index contributed by atoms with van der Waals surface area (Å²) in [4.78, 5) is 0. The summed E-state index contributed by atoms with van der Waals surface area (Å²) in [5.74, 6) is -0.815. The fourth-order valence-corrected chi connectivity index (χ4v) is 2.60. The molecule has 1 N–H and O–H groups in total. The molecule has 0 aliphatic rings. The summed E-state index contributed by atoms with van der Waals surface area (Å²) in [6.07, 6.45) is -4.38. The number of nitrogens with one attached hydrogen (secondary N) is 1. The second kappa shape index (κ2) is 5.90. The molecule has 2 aromatic carbocycles. The van der Waals surface area contributed by atoms with Crippen LogP contribution in [0.5, 0.6) is 0 Å². The molecule has 0 aliphatic carbocycles. The number of benzene rings is 2. The maximum atomic E-state index is 13.7. The van der Waals surface area contributed by atoms with Crippen LogP contribution in [-0.2, 0) is 0 Å². The Bertz CT molecular complexity index is 526. The minimum atomic E-state index is -4.38. The van der Waals surface area contributed by atoms with Crippen LogP contribution in [0.2, 0.25) is 0 Å². The smallest absolute Gasteiger partial charge is 0.306 e. The molecule has 0 radical (unpaired) electrons. The molecule has 0 aromatic heterocycles. The van der Waals surface area contributed by atoms with E-state index in [1.165, 1.54) is 14.0 Å². The van der Waals surface area contributed by atoms with Crippen molar-refractivity contribution in [2.75, 3.05) is 7.05 Å². The summed E-state index contributed by atoms with van der Waals surface area (Å²) in [6.45, 7) is 1.21. The minimum Gasteiger partial charge on any atom is -0.306 e. The Kier molecular flexibility index (Phi) is 4.37. The number of alkyl halides is 3. The van der Waals surface area contributed by atoms with Crippen LogP contribution in [0, 0.1) is 0 Å². The van der Waals surface area contributed by atoms with Gasteiger partial charge in [-0.2, -0.15) is 13.2 Å². The van der Waals surface area contributed by atoms with Gasteiger partial charge in [-0.1, -0.05) is 60.7 Å². The first-order chi connectivity index (χ1) is 9.90. The lowest BCUT2D eigenvalue weighted by atomic mass is 9.75. The van der Waals surface area contributed by atoms with Crippen LogP contribution in [0.1, 0.15) is 24.0 Å². The molecule has 2 rings (SSSR count). The van der Waals surface area contributed by atoms with Gasteiger partial charge in [0.25, 0.3) is 0 Å². The van der Waals surface area contributed by atoms with Crippen molar-refractivity contribution < 1.29 is 13.2 Å². The minimum absolute atomic E-state index is 0.637. The Labute approximate surface area is 122 Å². The summed E-state index contributed by atoms with van der Waals surface area (Å²) in [5.41, 5.74) is -0.772. The summed E-state index contributed by atoms with van der Waals surface area (Å²) >= 11 is 0. The van der Waals surface area contributed by atoms with Gasteiger partial charge in [-0.25, -0.2) is 0 Å². The van der Waals surface area contributed by atoms with Crippen molar-refractivity contribution in [3.63, 3.8) is 0 Å². The molecular formula is C17H18F3N. The molecule has 2 aromatic rings. The standard InChI is InChI=1S/C17H18F3N/c1-16(21-2,17(18,19)20)15(13-9-5-3-6-10-13)14-11-7-4-8-12-14/h3-12,15,21H,1-2H3. The average molecular weight is 293 g/mol. The zero-order valence-corrected chi connectivity index (χ0v) is 12.0. The Balaban J connectivity index is 2.62. The lowest BCUT2D eigenvalue weighted by molar-refractivity contribution is -0.194. The molecule has 4 heteroatoms. The van der Waals surface area contributed by atoms with Crippen LogP contribution in [-0.4, -0.2) is 18.8 Å². The van der Waals surface area contributed by atoms with Gasteiger partial charge in [0, 0.05) is 5.92 Å². The van der Waals surface area contributed by atoms with Gasteiger partial charge in [-0.05, 0) is 25.1 Å². The molecule has 0 aliphatic heterocycles. The zero-order chi connectivity index (χ0) is 15.5. The maximum absolute atomic E-state index is 13.7. The number of hydrogen-bond acceptors (Lipinski definition) is 1. The molecule has 0 spiro atoms. The summed E-state index contributed by atoms with van der Waals surface area (Å²) < 4.78 is 41.0. The highest BCUT2D eigenvalue weighted by Crippen LogP contribution is 2.44. The molecule has 0 heterocycles. The number of likely N-dealkylation sites (N-methyl/N-ethyl adjacent to an activating group) is 1. The van der Waals surface area contributed by atoms with Crippen LogP contribution < -0.4 is 5.32 Å². The predicted molar refractivity (Wildman–Crippen MR) is 78.2 cm³/mol. The van der Waals surface area contributed by atoms with Crippen molar-refractivity contribution >= 4 is 0 Å². The van der Waals surface area contributed by atoms with Crippen LogP contribution in [0.3, 0.4) is 0 Å². The fraction of sp³-hybridized carbons (Fsp3) is 0.294. The van der Waals surface area contributed by atoms with Crippen molar-refractivity contribution in [3.05, 3.63) is 71.8 Å². The van der Waals surface area contributed by atoms with E-state index in [-0.39, 0.29) is 0 Å². The van der Waals surface area contributed by atoms with Crippen molar-refractivity contribution in [1.82, 2.24) is 5.32 Å². The molecule has 1 atom stereocenters. The van der Waals surface area contributed by atoms with Gasteiger partial charge in [0.05, 0.1) is 0 Å². The highest BCUT2D eigenvalue weighted by molar-refractivity contribution is 5.37. The SMILES string of the molecule is CNC(C)(C(c1ccccc1)c1ccccc1)C(F)(F)F. The molecule has 1 unspecified atom stereocenters. The third-order valence-electron chi connectivity index (χ3n) is 3.95. The molecule has 0 fully saturated rings. The monoisotopic (exact) mass is 293 g/mol. The average Bonchev–Trinajstić information content (AvgIpc) is 2.48. The van der Waals surface area contributed by atoms with E-state index in [0.29, 0.717) is 11.1 Å². The van der Waals surface area contributed by atoms with E-state index in [2.05, 4.69) is 5.32 Å². The number of rotatable bonds is 4. The largest absolute Gasteiger partial charge is 0.407 e. The van der Waals surface area contributed by atoms with Crippen LogP contribution in [0.15, 0.2) is 60.7 Å². The van der Waals surface area contributed by atoms with E-state index < -0.39 is 17.6 Å². The van der Waals surface area contributed by atoms with Crippen LogP contribution in [0.25, 0.3) is 0 Å². The molecule has 0 saturated carbocycles. The van der Waals surface area contributed by atoms with E-state index in [0.717, 1.165) is 0 Å². The van der Waals surface area contributed by atoms with Crippen molar-refractivity contribution in [1.29, 1.82) is 0 Å². The van der Waals surface area contributed by atoms with E-state index in [4.69, 9.17) is 0 Å². The molecule has 112 valence electrons. The first-order valence-corrected chi connectivity index (χ1v) is 6.75. The summed E-state index contributed by atoms with van der Waals surface area (Å²) in [7, 11) is 1.35. The van der Waals surface area contributed by atoms with E-state index in [9.17, 15) is 13.2 Å². The summed E-state index contributed by atoms with van der Waals surface area (Å²) in [5, 5.41) is 2.49. The molecule has 0 bridgehead atoms. The number of halogens is 3. The lowest BCUT2D eigenvalue weighted by Crippen LogP contribution is -2.57. The van der Waals surface area contributed by atoms with Crippen LogP contribution in [0.4, 0.5) is 13.2 Å². The third kappa shape index (κ3) is 2.95. The molecule has 0 amide bonds. The normalized spacial score (nSPS) is 15.0. The van der Waals surface area contributed by atoms with Crippen molar-refractivity contribution in [2.45, 2.75) is 24.6 Å². The highest BCUT2D eigenvalue weighted by Gasteiger charge is 2.55. The van der Waals surface area contributed by atoms with Crippen molar-refractivity contribution in [2.24, 2.45) is 0 Å². The second-order valence-corrected chi connectivity index (χ2v) is 5.20. The lowest BCUT2D eigenvalue weighted by Gasteiger charge is -2.39. The number of hydrogen-bond donors (Lipinski definition) is 1. The Morgan fingerprint density at radius 2 is 1.19 bits per heavy atom. The van der Waals surface area contributed by atoms with Gasteiger partial charge >= 0.3 is 6.18 Å². The predicted octanol–water partition coefficient (Wildman–Crippen LogP) is 4.36. The third-order valence-corrected chi connectivity index (χ3v) is 3.95.